The second-order valence-electron chi connectivity index (χ2n) is 6.76. The van der Waals surface area contributed by atoms with Gasteiger partial charge in [0.25, 0.3) is 11.1 Å². The van der Waals surface area contributed by atoms with Crippen molar-refractivity contribution < 1.29 is 14.3 Å². The summed E-state index contributed by atoms with van der Waals surface area (Å²) in [6.07, 6.45) is 1.68. The Morgan fingerprint density at radius 2 is 1.86 bits per heavy atom. The van der Waals surface area contributed by atoms with E-state index in [0.29, 0.717) is 33.9 Å². The Labute approximate surface area is 178 Å². The van der Waals surface area contributed by atoms with Crippen molar-refractivity contribution in [2.24, 2.45) is 5.92 Å². The molecule has 0 aromatic heterocycles. The molecule has 0 saturated carbocycles. The van der Waals surface area contributed by atoms with E-state index in [9.17, 15) is 9.59 Å². The van der Waals surface area contributed by atoms with Crippen molar-refractivity contribution in [2.75, 3.05) is 6.54 Å². The average molecular weight is 436 g/mol. The highest BCUT2D eigenvalue weighted by molar-refractivity contribution is 8.18. The van der Waals surface area contributed by atoms with Crippen molar-refractivity contribution >= 4 is 52.2 Å². The summed E-state index contributed by atoms with van der Waals surface area (Å²) >= 11 is 13.4. The Kier molecular flexibility index (Phi) is 6.70. The van der Waals surface area contributed by atoms with Gasteiger partial charge in [0, 0.05) is 17.1 Å². The van der Waals surface area contributed by atoms with Crippen molar-refractivity contribution in [3.05, 3.63) is 68.5 Å². The van der Waals surface area contributed by atoms with E-state index in [2.05, 4.69) is 0 Å². The van der Waals surface area contributed by atoms with Crippen LogP contribution in [0.4, 0.5) is 4.79 Å². The van der Waals surface area contributed by atoms with Gasteiger partial charge in [0.05, 0.1) is 9.93 Å². The fourth-order valence-corrected chi connectivity index (χ4v) is 3.95. The first-order chi connectivity index (χ1) is 13.3. The van der Waals surface area contributed by atoms with Crippen molar-refractivity contribution in [3.63, 3.8) is 0 Å². The number of rotatable bonds is 6. The molecule has 4 nitrogen and oxygen atoms in total. The second kappa shape index (κ2) is 9.03. The van der Waals surface area contributed by atoms with Gasteiger partial charge in [-0.2, -0.15) is 0 Å². The molecule has 0 atom stereocenters. The summed E-state index contributed by atoms with van der Waals surface area (Å²) in [6.45, 7) is 4.65. The van der Waals surface area contributed by atoms with Gasteiger partial charge in [-0.05, 0) is 47.5 Å². The topological polar surface area (TPSA) is 46.6 Å². The number of benzene rings is 2. The standard InChI is InChI=1S/C21H19Cl2NO3S/c1-13(2)11-24-20(25)19(28-21(24)26)10-14-7-8-18(17(23)9-14)27-12-15-5-3-4-6-16(15)22/h3-10,13H,11-12H2,1-2H3/b19-10+. The van der Waals surface area contributed by atoms with Crippen molar-refractivity contribution in [1.29, 1.82) is 0 Å². The molecule has 0 radical (unpaired) electrons. The molecule has 1 heterocycles. The molecule has 7 heteroatoms. The largest absolute Gasteiger partial charge is 0.487 e. The fourth-order valence-electron chi connectivity index (χ4n) is 2.67. The highest BCUT2D eigenvalue weighted by atomic mass is 35.5. The molecular weight excluding hydrogens is 417 g/mol. The summed E-state index contributed by atoms with van der Waals surface area (Å²) in [4.78, 5) is 26.2. The van der Waals surface area contributed by atoms with Crippen LogP contribution in [0.2, 0.25) is 10.0 Å². The first-order valence-corrected chi connectivity index (χ1v) is 10.3. The van der Waals surface area contributed by atoms with Gasteiger partial charge in [-0.1, -0.05) is 61.3 Å². The summed E-state index contributed by atoms with van der Waals surface area (Å²) in [5.41, 5.74) is 1.59. The van der Waals surface area contributed by atoms with Gasteiger partial charge in [-0.3, -0.25) is 14.5 Å². The van der Waals surface area contributed by atoms with E-state index in [-0.39, 0.29) is 17.1 Å². The number of imide groups is 1. The zero-order chi connectivity index (χ0) is 20.3. The number of hydrogen-bond donors (Lipinski definition) is 0. The second-order valence-corrected chi connectivity index (χ2v) is 8.56. The quantitative estimate of drug-likeness (QED) is 0.501. The molecule has 3 rings (SSSR count). The SMILES string of the molecule is CC(C)CN1C(=O)S/C(=C/c2ccc(OCc3ccccc3Cl)c(Cl)c2)C1=O. The summed E-state index contributed by atoms with van der Waals surface area (Å²) in [5.74, 6) is 0.474. The molecule has 1 saturated heterocycles. The van der Waals surface area contributed by atoms with Crippen molar-refractivity contribution in [2.45, 2.75) is 20.5 Å². The van der Waals surface area contributed by atoms with Crippen LogP contribution in [0.3, 0.4) is 0 Å². The Balaban J connectivity index is 1.72. The van der Waals surface area contributed by atoms with Crippen molar-refractivity contribution in [1.82, 2.24) is 4.90 Å². The Hall–Kier alpha value is -1.95. The third kappa shape index (κ3) is 4.90. The first-order valence-electron chi connectivity index (χ1n) is 8.76. The van der Waals surface area contributed by atoms with Gasteiger partial charge in [-0.15, -0.1) is 0 Å². The minimum absolute atomic E-state index is 0.219. The van der Waals surface area contributed by atoms with Gasteiger partial charge in [0.2, 0.25) is 0 Å². The smallest absolute Gasteiger partial charge is 0.293 e. The zero-order valence-corrected chi connectivity index (χ0v) is 17.8. The van der Waals surface area contributed by atoms with Gasteiger partial charge < -0.3 is 4.74 Å². The molecule has 2 aromatic carbocycles. The number of carbonyl (C=O) groups is 2. The number of ether oxygens (including phenoxy) is 1. The monoisotopic (exact) mass is 435 g/mol. The number of carbonyl (C=O) groups excluding carboxylic acids is 2. The molecule has 2 aromatic rings. The maximum atomic E-state index is 12.4. The Morgan fingerprint density at radius 1 is 1.11 bits per heavy atom. The molecule has 0 N–H and O–H groups in total. The van der Waals surface area contributed by atoms with Crippen LogP contribution in [0.15, 0.2) is 47.4 Å². The number of amides is 2. The predicted molar refractivity (Wildman–Crippen MR) is 115 cm³/mol. The molecule has 146 valence electrons. The lowest BCUT2D eigenvalue weighted by molar-refractivity contribution is -0.123. The van der Waals surface area contributed by atoms with Gasteiger partial charge >= 0.3 is 0 Å². The number of hydrogen-bond acceptors (Lipinski definition) is 4. The van der Waals surface area contributed by atoms with Gasteiger partial charge in [0.1, 0.15) is 12.4 Å². The molecule has 2 amide bonds. The molecule has 0 spiro atoms. The predicted octanol–water partition coefficient (Wildman–Crippen LogP) is 6.26. The number of halogens is 2. The Bertz CT molecular complexity index is 943. The van der Waals surface area contributed by atoms with E-state index in [1.807, 2.05) is 32.0 Å². The minimum atomic E-state index is -0.265. The van der Waals surface area contributed by atoms with E-state index in [4.69, 9.17) is 27.9 Å². The lowest BCUT2D eigenvalue weighted by atomic mass is 10.2. The van der Waals surface area contributed by atoms with Crippen molar-refractivity contribution in [3.8, 4) is 5.75 Å². The van der Waals surface area contributed by atoms with Crippen LogP contribution in [0.1, 0.15) is 25.0 Å². The molecule has 1 aliphatic rings. The summed E-state index contributed by atoms with van der Waals surface area (Å²) in [7, 11) is 0. The summed E-state index contributed by atoms with van der Waals surface area (Å²) in [5, 5.41) is 0.810. The van der Waals surface area contributed by atoms with Crippen LogP contribution in [0, 0.1) is 5.92 Å². The molecule has 0 bridgehead atoms. The number of thioether (sulfide) groups is 1. The minimum Gasteiger partial charge on any atom is -0.487 e. The molecule has 0 aliphatic carbocycles. The van der Waals surface area contributed by atoms with E-state index >= 15 is 0 Å². The van der Waals surface area contributed by atoms with Crippen LogP contribution in [-0.2, 0) is 11.4 Å². The first kappa shape index (κ1) is 20.8. The highest BCUT2D eigenvalue weighted by Gasteiger charge is 2.35. The number of nitrogens with zero attached hydrogens (tertiary/aromatic N) is 1. The average Bonchev–Trinajstić information content (AvgIpc) is 2.89. The van der Waals surface area contributed by atoms with E-state index in [0.717, 1.165) is 22.9 Å². The highest BCUT2D eigenvalue weighted by Crippen LogP contribution is 2.34. The Morgan fingerprint density at radius 3 is 2.54 bits per heavy atom. The third-order valence-electron chi connectivity index (χ3n) is 4.02. The lowest BCUT2D eigenvalue weighted by Crippen LogP contribution is -2.31. The van der Waals surface area contributed by atoms with E-state index < -0.39 is 0 Å². The molecule has 0 unspecified atom stereocenters. The van der Waals surface area contributed by atoms with Crippen LogP contribution < -0.4 is 4.74 Å². The van der Waals surface area contributed by atoms with Gasteiger partial charge in [0.15, 0.2) is 0 Å². The van der Waals surface area contributed by atoms with Crippen LogP contribution >= 0.6 is 35.0 Å². The molecule has 28 heavy (non-hydrogen) atoms. The van der Waals surface area contributed by atoms with Crippen LogP contribution in [0.5, 0.6) is 5.75 Å². The fraction of sp³-hybridized carbons (Fsp3) is 0.238. The molecule has 1 fully saturated rings. The molecular formula is C21H19Cl2NO3S. The third-order valence-corrected chi connectivity index (χ3v) is 5.59. The van der Waals surface area contributed by atoms with Gasteiger partial charge in [-0.25, -0.2) is 0 Å². The van der Waals surface area contributed by atoms with Crippen LogP contribution in [-0.4, -0.2) is 22.6 Å². The summed E-state index contributed by atoms with van der Waals surface area (Å²) < 4.78 is 5.76. The maximum Gasteiger partial charge on any atom is 0.293 e. The molecule has 1 aliphatic heterocycles. The normalized spacial score (nSPS) is 15.8. The lowest BCUT2D eigenvalue weighted by Gasteiger charge is -2.14. The van der Waals surface area contributed by atoms with E-state index in [1.54, 1.807) is 30.3 Å². The van der Waals surface area contributed by atoms with E-state index in [1.165, 1.54) is 4.90 Å². The maximum absolute atomic E-state index is 12.4. The summed E-state index contributed by atoms with van der Waals surface area (Å²) in [6, 6.07) is 12.7. The van der Waals surface area contributed by atoms with Crippen LogP contribution in [0.25, 0.3) is 6.08 Å². The zero-order valence-electron chi connectivity index (χ0n) is 15.4.